The second-order valence-corrected chi connectivity index (χ2v) is 9.77. The third kappa shape index (κ3) is 4.26. The first kappa shape index (κ1) is 20.6. The first-order valence-corrected chi connectivity index (χ1v) is 11.2. The average molecular weight is 429 g/mol. The highest BCUT2D eigenvalue weighted by Crippen LogP contribution is 2.23. The van der Waals surface area contributed by atoms with Crippen molar-refractivity contribution in [2.45, 2.75) is 45.6 Å². The number of rotatable bonds is 5. The molecule has 2 N–H and O–H groups in total. The molecule has 0 unspecified atom stereocenters. The molecule has 0 aromatic carbocycles. The highest BCUT2D eigenvalue weighted by molar-refractivity contribution is 7.09. The number of hydrogen-bond donors (Lipinski definition) is 2. The fourth-order valence-corrected chi connectivity index (χ4v) is 4.52. The molecule has 1 saturated heterocycles. The monoisotopic (exact) mass is 428 g/mol. The molecule has 3 aromatic heterocycles. The molecule has 30 heavy (non-hydrogen) atoms. The number of aromatic amines is 1. The molecule has 160 valence electrons. The summed E-state index contributed by atoms with van der Waals surface area (Å²) in [5.74, 6) is 0.670. The Morgan fingerprint density at radius 1 is 1.33 bits per heavy atom. The zero-order valence-electron chi connectivity index (χ0n) is 17.6. The van der Waals surface area contributed by atoms with Gasteiger partial charge in [-0.3, -0.25) is 14.6 Å². The van der Waals surface area contributed by atoms with E-state index in [4.69, 9.17) is 4.98 Å². The lowest BCUT2D eigenvalue weighted by atomic mass is 9.96. The van der Waals surface area contributed by atoms with E-state index in [0.717, 1.165) is 19.3 Å². The second-order valence-electron chi connectivity index (χ2n) is 8.74. The highest BCUT2D eigenvalue weighted by Gasteiger charge is 2.27. The highest BCUT2D eigenvalue weighted by atomic mass is 32.1. The molecule has 0 aliphatic carbocycles. The van der Waals surface area contributed by atoms with Gasteiger partial charge in [0.2, 0.25) is 11.9 Å². The van der Waals surface area contributed by atoms with Gasteiger partial charge in [0.1, 0.15) is 5.39 Å². The number of carbonyl (C=O) groups is 1. The molecule has 3 aromatic rings. The first-order valence-electron chi connectivity index (χ1n) is 10.4. The fraction of sp³-hybridized carbons (Fsp3) is 0.524. The van der Waals surface area contributed by atoms with Crippen LogP contribution in [0.1, 0.15) is 38.5 Å². The summed E-state index contributed by atoms with van der Waals surface area (Å²) in [7, 11) is 0. The maximum atomic E-state index is 12.5. The second kappa shape index (κ2) is 8.22. The summed E-state index contributed by atoms with van der Waals surface area (Å²) in [6.45, 7) is 8.13. The summed E-state index contributed by atoms with van der Waals surface area (Å²) in [6, 6.07) is 4.12. The lowest BCUT2D eigenvalue weighted by Crippen LogP contribution is -2.42. The normalized spacial score (nSPS) is 15.6. The van der Waals surface area contributed by atoms with Gasteiger partial charge in [-0.15, -0.1) is 11.3 Å². The first-order chi connectivity index (χ1) is 14.3. The van der Waals surface area contributed by atoms with Gasteiger partial charge in [0.05, 0.1) is 11.7 Å². The van der Waals surface area contributed by atoms with Crippen LogP contribution in [0.25, 0.3) is 11.0 Å². The molecular weight excluding hydrogens is 400 g/mol. The van der Waals surface area contributed by atoms with Crippen molar-refractivity contribution in [2.24, 2.45) is 5.92 Å². The number of piperidine rings is 1. The summed E-state index contributed by atoms with van der Waals surface area (Å²) >= 11 is 1.71. The molecule has 4 heterocycles. The number of hydrogen-bond acceptors (Lipinski definition) is 6. The Morgan fingerprint density at radius 2 is 2.10 bits per heavy atom. The van der Waals surface area contributed by atoms with Crippen LogP contribution in [0.2, 0.25) is 0 Å². The van der Waals surface area contributed by atoms with E-state index in [-0.39, 0.29) is 22.9 Å². The van der Waals surface area contributed by atoms with Crippen molar-refractivity contribution < 1.29 is 4.79 Å². The van der Waals surface area contributed by atoms with Gasteiger partial charge in [-0.05, 0) is 51.5 Å². The predicted octanol–water partition coefficient (Wildman–Crippen LogP) is 2.51. The van der Waals surface area contributed by atoms with E-state index in [2.05, 4.69) is 31.7 Å². The van der Waals surface area contributed by atoms with Crippen LogP contribution < -0.4 is 15.8 Å². The van der Waals surface area contributed by atoms with Crippen molar-refractivity contribution in [3.63, 3.8) is 0 Å². The molecule has 0 atom stereocenters. The van der Waals surface area contributed by atoms with Crippen LogP contribution >= 0.6 is 11.3 Å². The van der Waals surface area contributed by atoms with Gasteiger partial charge in [-0.1, -0.05) is 6.07 Å². The van der Waals surface area contributed by atoms with Gasteiger partial charge in [0, 0.05) is 30.4 Å². The molecule has 0 saturated carbocycles. The number of anilines is 1. The number of aromatic nitrogens is 4. The van der Waals surface area contributed by atoms with Crippen molar-refractivity contribution in [3.8, 4) is 0 Å². The number of fused-ring (bicyclic) bond motifs is 1. The van der Waals surface area contributed by atoms with Crippen molar-refractivity contribution in [1.82, 2.24) is 25.1 Å². The Bertz CT molecular complexity index is 1070. The Balaban J connectivity index is 1.39. The molecule has 1 aliphatic heterocycles. The van der Waals surface area contributed by atoms with E-state index in [9.17, 15) is 9.59 Å². The molecule has 0 spiro atoms. The lowest BCUT2D eigenvalue weighted by molar-refractivity contribution is -0.125. The van der Waals surface area contributed by atoms with Gasteiger partial charge in [0.25, 0.3) is 5.56 Å². The van der Waals surface area contributed by atoms with Crippen LogP contribution in [0, 0.1) is 5.92 Å². The van der Waals surface area contributed by atoms with Crippen molar-refractivity contribution in [2.75, 3.05) is 24.5 Å². The summed E-state index contributed by atoms with van der Waals surface area (Å²) in [5.41, 5.74) is 0.141. The summed E-state index contributed by atoms with van der Waals surface area (Å²) < 4.78 is 1.79. The molecule has 1 aliphatic rings. The topological polar surface area (TPSA) is 95.9 Å². The van der Waals surface area contributed by atoms with E-state index in [1.165, 1.54) is 4.88 Å². The smallest absolute Gasteiger partial charge is 0.263 e. The zero-order chi connectivity index (χ0) is 21.3. The standard InChI is InChI=1S/C21H28N6O2S/c1-21(2,3)27-17-16(13-23-27)19(29)25-20(24-17)26-10-7-14(8-11-26)18(28)22-9-6-15-5-4-12-30-15/h4-5,12-14H,6-11H2,1-3H3,(H,22,28)(H,24,25,29). The van der Waals surface area contributed by atoms with Gasteiger partial charge in [-0.25, -0.2) is 4.68 Å². The maximum absolute atomic E-state index is 12.5. The van der Waals surface area contributed by atoms with E-state index < -0.39 is 0 Å². The summed E-state index contributed by atoms with van der Waals surface area (Å²) in [5, 5.41) is 9.97. The lowest BCUT2D eigenvalue weighted by Gasteiger charge is -2.31. The number of carbonyl (C=O) groups excluding carboxylic acids is 1. The van der Waals surface area contributed by atoms with Gasteiger partial charge >= 0.3 is 0 Å². The minimum Gasteiger partial charge on any atom is -0.355 e. The maximum Gasteiger partial charge on any atom is 0.263 e. The Hall–Kier alpha value is -2.68. The van der Waals surface area contributed by atoms with Crippen molar-refractivity contribution in [1.29, 1.82) is 0 Å². The van der Waals surface area contributed by atoms with Crippen LogP contribution in [0.3, 0.4) is 0 Å². The van der Waals surface area contributed by atoms with Crippen LogP contribution in [-0.4, -0.2) is 45.3 Å². The third-order valence-electron chi connectivity index (χ3n) is 5.48. The van der Waals surface area contributed by atoms with E-state index in [1.54, 1.807) is 22.2 Å². The van der Waals surface area contributed by atoms with Gasteiger partial charge in [-0.2, -0.15) is 10.1 Å². The molecule has 0 bridgehead atoms. The largest absolute Gasteiger partial charge is 0.355 e. The van der Waals surface area contributed by atoms with Crippen molar-refractivity contribution in [3.05, 3.63) is 38.9 Å². The minimum atomic E-state index is -0.270. The zero-order valence-corrected chi connectivity index (χ0v) is 18.5. The fourth-order valence-electron chi connectivity index (χ4n) is 3.81. The Morgan fingerprint density at radius 3 is 2.77 bits per heavy atom. The van der Waals surface area contributed by atoms with Crippen LogP contribution in [0.4, 0.5) is 5.95 Å². The summed E-state index contributed by atoms with van der Waals surface area (Å²) in [6.07, 6.45) is 3.92. The van der Waals surface area contributed by atoms with Gasteiger partial charge in [0.15, 0.2) is 5.65 Å². The average Bonchev–Trinajstić information content (AvgIpc) is 3.37. The van der Waals surface area contributed by atoms with E-state index >= 15 is 0 Å². The molecular formula is C21H28N6O2S. The minimum absolute atomic E-state index is 0.000131. The molecule has 1 fully saturated rings. The number of thiophene rings is 1. The molecule has 1 amide bonds. The number of nitrogens with one attached hydrogen (secondary N) is 2. The molecule has 0 radical (unpaired) electrons. The molecule has 8 nitrogen and oxygen atoms in total. The number of nitrogens with zero attached hydrogens (tertiary/aromatic N) is 4. The van der Waals surface area contributed by atoms with E-state index in [0.29, 0.717) is 36.6 Å². The Labute approximate surface area is 179 Å². The van der Waals surface area contributed by atoms with Gasteiger partial charge < -0.3 is 10.2 Å². The number of H-pyrrole nitrogens is 1. The van der Waals surface area contributed by atoms with Crippen LogP contribution in [0.5, 0.6) is 0 Å². The molecule has 9 heteroatoms. The quantitative estimate of drug-likeness (QED) is 0.651. The third-order valence-corrected chi connectivity index (χ3v) is 6.41. The summed E-state index contributed by atoms with van der Waals surface area (Å²) in [4.78, 5) is 36.0. The Kier molecular flexibility index (Phi) is 5.64. The van der Waals surface area contributed by atoms with Crippen LogP contribution in [-0.2, 0) is 16.8 Å². The SMILES string of the molecule is CC(C)(C)n1ncc2c(=O)[nH]c(N3CCC(C(=O)NCCc4cccs4)CC3)nc21. The van der Waals surface area contributed by atoms with Crippen molar-refractivity contribution >= 4 is 34.2 Å². The van der Waals surface area contributed by atoms with Crippen LogP contribution in [0.15, 0.2) is 28.5 Å². The van der Waals surface area contributed by atoms with E-state index in [1.807, 2.05) is 26.8 Å². The molecule has 4 rings (SSSR count). The predicted molar refractivity (Wildman–Crippen MR) is 119 cm³/mol. The number of amides is 1.